The molecular weight excluding hydrogens is 290 g/mol. The second-order valence-corrected chi connectivity index (χ2v) is 4.16. The van der Waals surface area contributed by atoms with Crippen molar-refractivity contribution in [1.82, 2.24) is 0 Å². The Balaban J connectivity index is 3.25. The topological polar surface area (TPSA) is 52.6 Å². The summed E-state index contributed by atoms with van der Waals surface area (Å²) < 4.78 is 9.58. The zero-order valence-electron chi connectivity index (χ0n) is 8.84. The second kappa shape index (κ2) is 5.58. The maximum absolute atomic E-state index is 10.8. The number of esters is 2. The van der Waals surface area contributed by atoms with Crippen LogP contribution in [0.5, 0.6) is 11.5 Å². The van der Waals surface area contributed by atoms with Crippen LogP contribution in [0.4, 0.5) is 0 Å². The van der Waals surface area contributed by atoms with E-state index in [0.717, 1.165) is 0 Å². The van der Waals surface area contributed by atoms with Gasteiger partial charge in [0.1, 0.15) is 10.0 Å². The Hall–Kier alpha value is -0.970. The normalized spacial score (nSPS) is 9.94. The van der Waals surface area contributed by atoms with Gasteiger partial charge in [0.25, 0.3) is 0 Å². The molecule has 0 atom stereocenters. The third-order valence-corrected chi connectivity index (χ3v) is 2.70. The van der Waals surface area contributed by atoms with Crippen LogP contribution >= 0.6 is 34.8 Å². The molecule has 0 saturated heterocycles. The smallest absolute Gasteiger partial charge is 0.308 e. The Morgan fingerprint density at radius 2 is 1.53 bits per heavy atom. The van der Waals surface area contributed by atoms with E-state index < -0.39 is 11.9 Å². The fourth-order valence-electron chi connectivity index (χ4n) is 1.02. The first-order chi connectivity index (χ1) is 7.82. The lowest BCUT2D eigenvalue weighted by Gasteiger charge is -2.11. The predicted octanol–water partition coefficient (Wildman–Crippen LogP) is 3.50. The molecule has 0 aliphatic heterocycles. The molecule has 0 saturated carbocycles. The van der Waals surface area contributed by atoms with Gasteiger partial charge in [0.2, 0.25) is 0 Å². The molecule has 0 spiro atoms. The van der Waals surface area contributed by atoms with Gasteiger partial charge in [-0.2, -0.15) is 0 Å². The fraction of sp³-hybridized carbons (Fsp3) is 0.200. The molecule has 0 aliphatic carbocycles. The standard InChI is InChI=1S/C10H7Cl3O4/c1-4(14)16-7-3-6(11)10(17-5(2)15)9(13)8(7)12/h3H,1-2H3. The quantitative estimate of drug-likeness (QED) is 0.476. The first kappa shape index (κ1) is 14.1. The van der Waals surface area contributed by atoms with E-state index in [-0.39, 0.29) is 26.6 Å². The number of benzene rings is 1. The van der Waals surface area contributed by atoms with E-state index in [9.17, 15) is 9.59 Å². The summed E-state index contributed by atoms with van der Waals surface area (Å²) >= 11 is 17.5. The molecule has 0 amide bonds. The molecule has 0 aliphatic rings. The third-order valence-electron chi connectivity index (χ3n) is 1.58. The third kappa shape index (κ3) is 3.49. The van der Waals surface area contributed by atoms with E-state index in [2.05, 4.69) is 0 Å². The molecule has 1 aromatic rings. The maximum atomic E-state index is 10.8. The second-order valence-electron chi connectivity index (χ2n) is 3.00. The molecule has 0 radical (unpaired) electrons. The van der Waals surface area contributed by atoms with E-state index in [1.54, 1.807) is 0 Å². The molecule has 0 heterocycles. The van der Waals surface area contributed by atoms with Crippen molar-refractivity contribution in [2.75, 3.05) is 0 Å². The molecule has 4 nitrogen and oxygen atoms in total. The Morgan fingerprint density at radius 1 is 1.00 bits per heavy atom. The highest BCUT2D eigenvalue weighted by molar-refractivity contribution is 6.45. The monoisotopic (exact) mass is 296 g/mol. The first-order valence-corrected chi connectivity index (χ1v) is 5.50. The summed E-state index contributed by atoms with van der Waals surface area (Å²) in [5, 5.41) is -0.126. The first-order valence-electron chi connectivity index (χ1n) is 4.37. The number of hydrogen-bond acceptors (Lipinski definition) is 4. The number of carbonyl (C=O) groups is 2. The highest BCUT2D eigenvalue weighted by atomic mass is 35.5. The predicted molar refractivity (Wildman–Crippen MR) is 64.1 cm³/mol. The van der Waals surface area contributed by atoms with Gasteiger partial charge >= 0.3 is 11.9 Å². The van der Waals surface area contributed by atoms with Crippen molar-refractivity contribution in [2.24, 2.45) is 0 Å². The summed E-state index contributed by atoms with van der Waals surface area (Å²) in [4.78, 5) is 21.6. The Bertz CT molecular complexity index is 485. The number of hydrogen-bond donors (Lipinski definition) is 0. The minimum Gasteiger partial charge on any atom is -0.425 e. The number of carbonyl (C=O) groups excluding carboxylic acids is 2. The molecule has 0 unspecified atom stereocenters. The van der Waals surface area contributed by atoms with Crippen LogP contribution in [0.2, 0.25) is 15.1 Å². The van der Waals surface area contributed by atoms with Crippen molar-refractivity contribution in [3.63, 3.8) is 0 Å². The largest absolute Gasteiger partial charge is 0.425 e. The van der Waals surface area contributed by atoms with Crippen LogP contribution in [0, 0.1) is 0 Å². The molecule has 0 fully saturated rings. The van der Waals surface area contributed by atoms with Crippen molar-refractivity contribution in [2.45, 2.75) is 13.8 Å². The molecule has 0 bridgehead atoms. The van der Waals surface area contributed by atoms with E-state index >= 15 is 0 Å². The van der Waals surface area contributed by atoms with Gasteiger partial charge in [0, 0.05) is 19.9 Å². The van der Waals surface area contributed by atoms with Crippen LogP contribution in [-0.2, 0) is 9.59 Å². The van der Waals surface area contributed by atoms with E-state index in [0.29, 0.717) is 0 Å². The minimum atomic E-state index is -0.592. The highest BCUT2D eigenvalue weighted by Gasteiger charge is 2.19. The number of halogens is 3. The lowest BCUT2D eigenvalue weighted by atomic mass is 10.3. The van der Waals surface area contributed by atoms with Crippen LogP contribution in [0.1, 0.15) is 13.8 Å². The van der Waals surface area contributed by atoms with Gasteiger partial charge in [0.15, 0.2) is 11.5 Å². The molecule has 7 heteroatoms. The van der Waals surface area contributed by atoms with Gasteiger partial charge in [0.05, 0.1) is 5.02 Å². The number of rotatable bonds is 2. The fourth-order valence-corrected chi connectivity index (χ4v) is 1.72. The average molecular weight is 298 g/mol. The van der Waals surface area contributed by atoms with Gasteiger partial charge < -0.3 is 9.47 Å². The van der Waals surface area contributed by atoms with Crippen molar-refractivity contribution in [3.8, 4) is 11.5 Å². The van der Waals surface area contributed by atoms with Crippen molar-refractivity contribution in [3.05, 3.63) is 21.1 Å². The average Bonchev–Trinajstić information content (AvgIpc) is 2.20. The van der Waals surface area contributed by atoms with Crippen molar-refractivity contribution in [1.29, 1.82) is 0 Å². The zero-order valence-corrected chi connectivity index (χ0v) is 11.1. The molecule has 1 aromatic carbocycles. The Kier molecular flexibility index (Phi) is 4.62. The molecule has 0 aromatic heterocycles. The van der Waals surface area contributed by atoms with E-state index in [1.807, 2.05) is 0 Å². The van der Waals surface area contributed by atoms with Crippen LogP contribution < -0.4 is 9.47 Å². The minimum absolute atomic E-state index is 0.00469. The van der Waals surface area contributed by atoms with Gasteiger partial charge in [-0.25, -0.2) is 0 Å². The van der Waals surface area contributed by atoms with Crippen LogP contribution in [-0.4, -0.2) is 11.9 Å². The van der Waals surface area contributed by atoms with Gasteiger partial charge in [-0.1, -0.05) is 34.8 Å². The van der Waals surface area contributed by atoms with Crippen LogP contribution in [0.15, 0.2) is 6.07 Å². The van der Waals surface area contributed by atoms with E-state index in [4.69, 9.17) is 44.3 Å². The zero-order chi connectivity index (χ0) is 13.2. The maximum Gasteiger partial charge on any atom is 0.308 e. The lowest BCUT2D eigenvalue weighted by Crippen LogP contribution is -2.05. The summed E-state index contributed by atoms with van der Waals surface area (Å²) in [6, 6.07) is 1.25. The van der Waals surface area contributed by atoms with Crippen molar-refractivity contribution < 1.29 is 19.1 Å². The highest BCUT2D eigenvalue weighted by Crippen LogP contribution is 2.44. The SMILES string of the molecule is CC(=O)Oc1cc(Cl)c(OC(C)=O)c(Cl)c1Cl. The van der Waals surface area contributed by atoms with Gasteiger partial charge in [-0.05, 0) is 0 Å². The molecule has 1 rings (SSSR count). The summed E-state index contributed by atoms with van der Waals surface area (Å²) in [7, 11) is 0. The molecule has 92 valence electrons. The Morgan fingerprint density at radius 3 is 2.00 bits per heavy atom. The lowest BCUT2D eigenvalue weighted by molar-refractivity contribution is -0.133. The van der Waals surface area contributed by atoms with E-state index in [1.165, 1.54) is 19.9 Å². The molecular formula is C10H7Cl3O4. The van der Waals surface area contributed by atoms with Crippen LogP contribution in [0.25, 0.3) is 0 Å². The summed E-state index contributed by atoms with van der Waals surface area (Å²) in [6.45, 7) is 2.40. The van der Waals surface area contributed by atoms with Gasteiger partial charge in [-0.15, -0.1) is 0 Å². The van der Waals surface area contributed by atoms with Crippen LogP contribution in [0.3, 0.4) is 0 Å². The molecule has 17 heavy (non-hydrogen) atoms. The Labute approximate surface area is 112 Å². The summed E-state index contributed by atoms with van der Waals surface area (Å²) in [6.07, 6.45) is 0. The number of ether oxygens (including phenoxy) is 2. The summed E-state index contributed by atoms with van der Waals surface area (Å²) in [5.74, 6) is -1.23. The molecule has 0 N–H and O–H groups in total. The van der Waals surface area contributed by atoms with Gasteiger partial charge in [-0.3, -0.25) is 9.59 Å². The van der Waals surface area contributed by atoms with Crippen molar-refractivity contribution >= 4 is 46.7 Å². The summed E-state index contributed by atoms with van der Waals surface area (Å²) in [5.41, 5.74) is 0.